The van der Waals surface area contributed by atoms with Crippen LogP contribution in [0, 0.1) is 0 Å². The average molecular weight is 185 g/mol. The molecule has 1 atom stereocenters. The van der Waals surface area contributed by atoms with Gasteiger partial charge in [-0.05, 0) is 12.0 Å². The van der Waals surface area contributed by atoms with Gasteiger partial charge in [0.1, 0.15) is 0 Å². The third-order valence-electron chi connectivity index (χ3n) is 1.74. The third kappa shape index (κ3) is 2.84. The predicted octanol–water partition coefficient (Wildman–Crippen LogP) is 3.00. The molecule has 1 aromatic rings. The Morgan fingerprint density at radius 2 is 2.00 bits per heavy atom. The van der Waals surface area contributed by atoms with Crippen LogP contribution in [-0.2, 0) is 4.74 Å². The summed E-state index contributed by atoms with van der Waals surface area (Å²) in [6.45, 7) is 0.711. The van der Waals surface area contributed by atoms with E-state index in [1.165, 1.54) is 0 Å². The van der Waals surface area contributed by atoms with Crippen molar-refractivity contribution in [1.29, 1.82) is 0 Å². The second-order valence-corrected chi connectivity index (χ2v) is 3.19. The Balaban J connectivity index is 2.48. The van der Waals surface area contributed by atoms with Gasteiger partial charge >= 0.3 is 0 Å². The smallest absolute Gasteiger partial charge is 0.0607 e. The minimum absolute atomic E-state index is 0.0751. The van der Waals surface area contributed by atoms with Gasteiger partial charge in [-0.3, -0.25) is 0 Å². The normalized spacial score (nSPS) is 12.8. The Morgan fingerprint density at radius 3 is 2.58 bits per heavy atom. The van der Waals surface area contributed by atoms with Crippen LogP contribution in [0.5, 0.6) is 0 Å². The van der Waals surface area contributed by atoms with E-state index in [1.807, 2.05) is 30.3 Å². The Labute approximate surface area is 78.3 Å². The number of ether oxygens (including phenoxy) is 1. The van der Waals surface area contributed by atoms with Crippen molar-refractivity contribution in [3.8, 4) is 0 Å². The lowest BCUT2D eigenvalue weighted by molar-refractivity contribution is 0.194. The van der Waals surface area contributed by atoms with Crippen LogP contribution in [-0.4, -0.2) is 13.7 Å². The first kappa shape index (κ1) is 9.56. The van der Waals surface area contributed by atoms with Gasteiger partial charge in [-0.25, -0.2) is 0 Å². The molecule has 0 amide bonds. The van der Waals surface area contributed by atoms with Gasteiger partial charge < -0.3 is 4.74 Å². The first-order valence-corrected chi connectivity index (χ1v) is 4.46. The summed E-state index contributed by atoms with van der Waals surface area (Å²) in [5, 5.41) is 0.0751. The van der Waals surface area contributed by atoms with Crippen LogP contribution in [0.1, 0.15) is 17.4 Å². The van der Waals surface area contributed by atoms with Crippen LogP contribution < -0.4 is 0 Å². The molecule has 0 N–H and O–H groups in total. The van der Waals surface area contributed by atoms with E-state index in [0.717, 1.165) is 12.0 Å². The van der Waals surface area contributed by atoms with Crippen LogP contribution in [0.3, 0.4) is 0 Å². The van der Waals surface area contributed by atoms with Gasteiger partial charge in [0.2, 0.25) is 0 Å². The lowest BCUT2D eigenvalue weighted by Crippen LogP contribution is -1.95. The Hall–Kier alpha value is -0.530. The molecule has 0 fully saturated rings. The van der Waals surface area contributed by atoms with Gasteiger partial charge in [-0.1, -0.05) is 30.3 Å². The van der Waals surface area contributed by atoms with Crippen molar-refractivity contribution in [2.24, 2.45) is 0 Å². The van der Waals surface area contributed by atoms with E-state index in [9.17, 15) is 0 Å². The molecule has 1 aromatic carbocycles. The largest absolute Gasteiger partial charge is 0.385 e. The monoisotopic (exact) mass is 184 g/mol. The van der Waals surface area contributed by atoms with E-state index in [0.29, 0.717) is 6.61 Å². The number of hydrogen-bond donors (Lipinski definition) is 0. The van der Waals surface area contributed by atoms with Crippen molar-refractivity contribution in [3.05, 3.63) is 35.9 Å². The van der Waals surface area contributed by atoms with Crippen molar-refractivity contribution >= 4 is 11.6 Å². The highest BCUT2D eigenvalue weighted by atomic mass is 35.5. The summed E-state index contributed by atoms with van der Waals surface area (Å²) in [6.07, 6.45) is 0.863. The van der Waals surface area contributed by atoms with E-state index in [2.05, 4.69) is 0 Å². The Kier molecular flexibility index (Phi) is 4.12. The summed E-state index contributed by atoms with van der Waals surface area (Å²) in [5.74, 6) is 0. The van der Waals surface area contributed by atoms with Crippen molar-refractivity contribution in [3.63, 3.8) is 0 Å². The highest BCUT2D eigenvalue weighted by Crippen LogP contribution is 2.23. The zero-order valence-corrected chi connectivity index (χ0v) is 7.92. The molecule has 1 nitrogen and oxygen atoms in total. The number of halogens is 1. The molecule has 66 valence electrons. The van der Waals surface area contributed by atoms with Crippen molar-refractivity contribution in [2.75, 3.05) is 13.7 Å². The maximum Gasteiger partial charge on any atom is 0.0607 e. The molecule has 2 heteroatoms. The lowest BCUT2D eigenvalue weighted by atomic mass is 10.1. The zero-order chi connectivity index (χ0) is 8.81. The number of hydrogen-bond acceptors (Lipinski definition) is 1. The van der Waals surface area contributed by atoms with E-state index in [4.69, 9.17) is 16.3 Å². The zero-order valence-electron chi connectivity index (χ0n) is 7.16. The second-order valence-electron chi connectivity index (χ2n) is 2.66. The fourth-order valence-corrected chi connectivity index (χ4v) is 1.28. The molecule has 0 saturated heterocycles. The highest BCUT2D eigenvalue weighted by Gasteiger charge is 2.05. The molecule has 0 radical (unpaired) electrons. The van der Waals surface area contributed by atoms with Crippen molar-refractivity contribution < 1.29 is 4.74 Å². The Bertz CT molecular complexity index is 210. The van der Waals surface area contributed by atoms with Gasteiger partial charge in [-0.2, -0.15) is 0 Å². The summed E-state index contributed by atoms with van der Waals surface area (Å²) in [4.78, 5) is 0. The molecule has 0 aromatic heterocycles. The summed E-state index contributed by atoms with van der Waals surface area (Å²) in [5.41, 5.74) is 1.16. The van der Waals surface area contributed by atoms with Crippen LogP contribution in [0.15, 0.2) is 30.3 Å². The predicted molar refractivity (Wildman–Crippen MR) is 51.5 cm³/mol. The molecule has 0 aliphatic heterocycles. The van der Waals surface area contributed by atoms with Crippen LogP contribution in [0.2, 0.25) is 0 Å². The van der Waals surface area contributed by atoms with Gasteiger partial charge in [0.05, 0.1) is 5.38 Å². The molecule has 1 unspecified atom stereocenters. The summed E-state index contributed by atoms with van der Waals surface area (Å²) >= 11 is 6.10. The van der Waals surface area contributed by atoms with Gasteiger partial charge in [-0.15, -0.1) is 11.6 Å². The first-order chi connectivity index (χ1) is 5.84. The minimum Gasteiger partial charge on any atom is -0.385 e. The Morgan fingerprint density at radius 1 is 1.33 bits per heavy atom. The molecule has 0 spiro atoms. The van der Waals surface area contributed by atoms with Gasteiger partial charge in [0, 0.05) is 13.7 Å². The van der Waals surface area contributed by atoms with Gasteiger partial charge in [0.15, 0.2) is 0 Å². The van der Waals surface area contributed by atoms with Crippen LogP contribution >= 0.6 is 11.6 Å². The maximum atomic E-state index is 6.10. The van der Waals surface area contributed by atoms with Gasteiger partial charge in [0.25, 0.3) is 0 Å². The highest BCUT2D eigenvalue weighted by molar-refractivity contribution is 6.20. The fraction of sp³-hybridized carbons (Fsp3) is 0.400. The number of methoxy groups -OCH3 is 1. The van der Waals surface area contributed by atoms with E-state index in [-0.39, 0.29) is 5.38 Å². The maximum absolute atomic E-state index is 6.10. The minimum atomic E-state index is 0.0751. The molecule has 0 heterocycles. The average Bonchev–Trinajstić information content (AvgIpc) is 2.15. The molecule has 0 saturated carbocycles. The molecular formula is C10H13ClO. The molecular weight excluding hydrogens is 172 g/mol. The number of rotatable bonds is 4. The first-order valence-electron chi connectivity index (χ1n) is 4.02. The van der Waals surface area contributed by atoms with Crippen molar-refractivity contribution in [2.45, 2.75) is 11.8 Å². The summed E-state index contributed by atoms with van der Waals surface area (Å²) in [6, 6.07) is 10.1. The number of alkyl halides is 1. The van der Waals surface area contributed by atoms with Crippen LogP contribution in [0.25, 0.3) is 0 Å². The molecule has 1 rings (SSSR count). The molecule has 12 heavy (non-hydrogen) atoms. The summed E-state index contributed by atoms with van der Waals surface area (Å²) in [7, 11) is 1.69. The lowest BCUT2D eigenvalue weighted by Gasteiger charge is -2.07. The number of benzene rings is 1. The quantitative estimate of drug-likeness (QED) is 0.654. The molecule has 0 bridgehead atoms. The molecule has 0 aliphatic rings. The second kappa shape index (κ2) is 5.18. The topological polar surface area (TPSA) is 9.23 Å². The third-order valence-corrected chi connectivity index (χ3v) is 2.21. The SMILES string of the molecule is COCCC(Cl)c1ccccc1. The molecule has 0 aliphatic carbocycles. The summed E-state index contributed by atoms with van der Waals surface area (Å²) < 4.78 is 4.95. The fourth-order valence-electron chi connectivity index (χ4n) is 1.05. The van der Waals surface area contributed by atoms with E-state index in [1.54, 1.807) is 7.11 Å². The van der Waals surface area contributed by atoms with Crippen molar-refractivity contribution in [1.82, 2.24) is 0 Å². The standard InChI is InChI=1S/C10H13ClO/c1-12-8-7-10(11)9-5-3-2-4-6-9/h2-6,10H,7-8H2,1H3. The van der Waals surface area contributed by atoms with E-state index < -0.39 is 0 Å². The van der Waals surface area contributed by atoms with Crippen LogP contribution in [0.4, 0.5) is 0 Å². The van der Waals surface area contributed by atoms with E-state index >= 15 is 0 Å².